The maximum absolute atomic E-state index is 13.6. The average molecular weight is 540 g/mol. The summed E-state index contributed by atoms with van der Waals surface area (Å²) >= 11 is 12.3. The molecule has 0 bridgehead atoms. The maximum atomic E-state index is 13.6. The molecule has 1 fully saturated rings. The Hall–Kier alpha value is -3.02. The number of carbonyl (C=O) groups excluding carboxylic acids is 2. The van der Waals surface area contributed by atoms with Gasteiger partial charge in [-0.3, -0.25) is 9.59 Å². The fourth-order valence-electron chi connectivity index (χ4n) is 5.11. The lowest BCUT2D eigenvalue weighted by Gasteiger charge is -2.37. The molecule has 0 aromatic heterocycles. The van der Waals surface area contributed by atoms with Crippen molar-refractivity contribution in [2.75, 3.05) is 12.4 Å². The van der Waals surface area contributed by atoms with Crippen molar-refractivity contribution in [3.63, 3.8) is 0 Å². The molecule has 1 atom stereocenters. The minimum absolute atomic E-state index is 0.0491. The molecule has 3 aromatic rings. The van der Waals surface area contributed by atoms with Gasteiger partial charge in [0.2, 0.25) is 5.91 Å². The van der Waals surface area contributed by atoms with Crippen LogP contribution in [0.25, 0.3) is 0 Å². The van der Waals surface area contributed by atoms with Crippen LogP contribution in [0, 0.1) is 0 Å². The number of amides is 2. The van der Waals surface area contributed by atoms with Gasteiger partial charge in [-0.2, -0.15) is 0 Å². The maximum Gasteiger partial charge on any atom is 0.258 e. The van der Waals surface area contributed by atoms with Crippen LogP contribution in [0.2, 0.25) is 10.0 Å². The van der Waals surface area contributed by atoms with Crippen LogP contribution in [0.3, 0.4) is 0 Å². The molecule has 0 aliphatic heterocycles. The highest BCUT2D eigenvalue weighted by Gasteiger charge is 2.41. The SMILES string of the molecule is COc1ccc(C2(C(=O)NC(C)Cc3ccc(NC(=O)c4c(Cl)cccc4Cl)cc3)CCCCC2)cc1. The minimum atomic E-state index is -0.507. The van der Waals surface area contributed by atoms with Gasteiger partial charge in [0, 0.05) is 11.7 Å². The molecule has 0 saturated heterocycles. The zero-order chi connectivity index (χ0) is 26.4. The van der Waals surface area contributed by atoms with Gasteiger partial charge < -0.3 is 15.4 Å². The summed E-state index contributed by atoms with van der Waals surface area (Å²) in [5.74, 6) is 0.517. The molecule has 0 radical (unpaired) electrons. The van der Waals surface area contributed by atoms with Gasteiger partial charge in [0.25, 0.3) is 5.91 Å². The first-order valence-electron chi connectivity index (χ1n) is 12.6. The van der Waals surface area contributed by atoms with E-state index in [2.05, 4.69) is 10.6 Å². The van der Waals surface area contributed by atoms with E-state index in [0.29, 0.717) is 22.2 Å². The van der Waals surface area contributed by atoms with Crippen LogP contribution in [0.15, 0.2) is 66.7 Å². The number of halogens is 2. The minimum Gasteiger partial charge on any atom is -0.497 e. The lowest BCUT2D eigenvalue weighted by Crippen LogP contribution is -2.49. The number of hydrogen-bond acceptors (Lipinski definition) is 3. The van der Waals surface area contributed by atoms with E-state index in [1.807, 2.05) is 55.5 Å². The molecule has 0 heterocycles. The molecule has 37 heavy (non-hydrogen) atoms. The van der Waals surface area contributed by atoms with E-state index in [4.69, 9.17) is 27.9 Å². The lowest BCUT2D eigenvalue weighted by molar-refractivity contribution is -0.128. The first-order chi connectivity index (χ1) is 17.8. The Balaban J connectivity index is 1.40. The Bertz CT molecular complexity index is 1220. The Kier molecular flexibility index (Phi) is 8.78. The number of methoxy groups -OCH3 is 1. The third kappa shape index (κ3) is 6.28. The molecular formula is C30H32Cl2N2O3. The molecular weight excluding hydrogens is 507 g/mol. The molecule has 1 saturated carbocycles. The second-order valence-electron chi connectivity index (χ2n) is 9.70. The van der Waals surface area contributed by atoms with Crippen LogP contribution >= 0.6 is 23.2 Å². The summed E-state index contributed by atoms with van der Waals surface area (Å²) in [7, 11) is 1.65. The van der Waals surface area contributed by atoms with Gasteiger partial charge in [0.15, 0.2) is 0 Å². The number of anilines is 1. The first-order valence-corrected chi connectivity index (χ1v) is 13.4. The van der Waals surface area contributed by atoms with Crippen LogP contribution in [-0.2, 0) is 16.6 Å². The summed E-state index contributed by atoms with van der Waals surface area (Å²) in [6, 6.07) is 20.4. The number of nitrogens with one attached hydrogen (secondary N) is 2. The third-order valence-corrected chi connectivity index (χ3v) is 7.74. The molecule has 1 unspecified atom stereocenters. The molecule has 3 aromatic carbocycles. The van der Waals surface area contributed by atoms with Gasteiger partial charge in [-0.25, -0.2) is 0 Å². The summed E-state index contributed by atoms with van der Waals surface area (Å²) in [5.41, 5.74) is 2.49. The van der Waals surface area contributed by atoms with Crippen molar-refractivity contribution in [1.29, 1.82) is 0 Å². The molecule has 2 amide bonds. The molecule has 2 N–H and O–H groups in total. The van der Waals surface area contributed by atoms with E-state index in [0.717, 1.165) is 49.0 Å². The van der Waals surface area contributed by atoms with Crippen molar-refractivity contribution in [2.45, 2.75) is 56.9 Å². The Morgan fingerprint density at radius 2 is 1.54 bits per heavy atom. The Morgan fingerprint density at radius 3 is 2.14 bits per heavy atom. The van der Waals surface area contributed by atoms with E-state index in [9.17, 15) is 9.59 Å². The van der Waals surface area contributed by atoms with Crippen LogP contribution in [0.4, 0.5) is 5.69 Å². The standard InChI is InChI=1S/C30H32Cl2N2O3/c1-20(33-29(36)30(17-4-3-5-18-30)22-11-15-24(37-2)16-12-22)19-21-9-13-23(14-10-21)34-28(35)27-25(31)7-6-8-26(27)32/h6-16,20H,3-5,17-19H2,1-2H3,(H,33,36)(H,34,35). The zero-order valence-corrected chi connectivity index (χ0v) is 22.7. The van der Waals surface area contributed by atoms with Crippen molar-refractivity contribution in [3.8, 4) is 5.75 Å². The van der Waals surface area contributed by atoms with Gasteiger partial charge in [-0.15, -0.1) is 0 Å². The topological polar surface area (TPSA) is 67.4 Å². The smallest absolute Gasteiger partial charge is 0.258 e. The average Bonchev–Trinajstić information content (AvgIpc) is 2.90. The van der Waals surface area contributed by atoms with Gasteiger partial charge >= 0.3 is 0 Å². The normalized spacial score (nSPS) is 15.5. The molecule has 1 aliphatic carbocycles. The van der Waals surface area contributed by atoms with E-state index < -0.39 is 5.41 Å². The summed E-state index contributed by atoms with van der Waals surface area (Å²) in [6.07, 6.45) is 5.62. The number of carbonyl (C=O) groups is 2. The van der Waals surface area contributed by atoms with Crippen molar-refractivity contribution < 1.29 is 14.3 Å². The number of hydrogen-bond donors (Lipinski definition) is 2. The van der Waals surface area contributed by atoms with Gasteiger partial charge in [0.1, 0.15) is 5.75 Å². The number of rotatable bonds is 8. The van der Waals surface area contributed by atoms with Crippen LogP contribution in [-0.4, -0.2) is 25.0 Å². The van der Waals surface area contributed by atoms with Crippen molar-refractivity contribution in [1.82, 2.24) is 5.32 Å². The fraction of sp³-hybridized carbons (Fsp3) is 0.333. The van der Waals surface area contributed by atoms with Crippen molar-refractivity contribution >= 4 is 40.7 Å². The largest absolute Gasteiger partial charge is 0.497 e. The highest BCUT2D eigenvalue weighted by atomic mass is 35.5. The first kappa shape index (κ1) is 27.0. The van der Waals surface area contributed by atoms with E-state index in [-0.39, 0.29) is 23.4 Å². The molecule has 5 nitrogen and oxygen atoms in total. The highest BCUT2D eigenvalue weighted by Crippen LogP contribution is 2.40. The summed E-state index contributed by atoms with van der Waals surface area (Å²) < 4.78 is 5.31. The van der Waals surface area contributed by atoms with Crippen LogP contribution < -0.4 is 15.4 Å². The molecule has 1 aliphatic rings. The molecule has 0 spiro atoms. The molecule has 194 valence electrons. The van der Waals surface area contributed by atoms with Crippen LogP contribution in [0.5, 0.6) is 5.75 Å². The predicted molar refractivity (Wildman–Crippen MR) is 150 cm³/mol. The molecule has 4 rings (SSSR count). The summed E-state index contributed by atoms with van der Waals surface area (Å²) in [5, 5.41) is 6.72. The number of benzene rings is 3. The summed E-state index contributed by atoms with van der Waals surface area (Å²) in [4.78, 5) is 26.3. The third-order valence-electron chi connectivity index (χ3n) is 7.11. The fourth-order valence-corrected chi connectivity index (χ4v) is 5.68. The van der Waals surface area contributed by atoms with Crippen molar-refractivity contribution in [3.05, 3.63) is 93.5 Å². The second kappa shape index (κ2) is 12.0. The van der Waals surface area contributed by atoms with E-state index in [1.165, 1.54) is 0 Å². The Labute approximate surface area is 228 Å². The number of ether oxygens (including phenoxy) is 1. The van der Waals surface area contributed by atoms with Gasteiger partial charge in [0.05, 0.1) is 28.1 Å². The Morgan fingerprint density at radius 1 is 0.919 bits per heavy atom. The van der Waals surface area contributed by atoms with Gasteiger partial charge in [-0.05, 0) is 73.7 Å². The van der Waals surface area contributed by atoms with Crippen molar-refractivity contribution in [2.24, 2.45) is 0 Å². The highest BCUT2D eigenvalue weighted by molar-refractivity contribution is 6.40. The predicted octanol–water partition coefficient (Wildman–Crippen LogP) is 7.20. The van der Waals surface area contributed by atoms with E-state index in [1.54, 1.807) is 25.3 Å². The monoisotopic (exact) mass is 538 g/mol. The quantitative estimate of drug-likeness (QED) is 0.318. The summed E-state index contributed by atoms with van der Waals surface area (Å²) in [6.45, 7) is 2.03. The molecule has 7 heteroatoms. The van der Waals surface area contributed by atoms with Gasteiger partial charge in [-0.1, -0.05) is 72.8 Å². The van der Waals surface area contributed by atoms with E-state index >= 15 is 0 Å². The zero-order valence-electron chi connectivity index (χ0n) is 21.2. The second-order valence-corrected chi connectivity index (χ2v) is 10.5. The van der Waals surface area contributed by atoms with Crippen LogP contribution in [0.1, 0.15) is 60.5 Å². The lowest BCUT2D eigenvalue weighted by atomic mass is 9.68.